The van der Waals surface area contributed by atoms with Crippen molar-refractivity contribution in [2.75, 3.05) is 26.2 Å². The standard InChI is InChI=1S/C14H19BrN2O3/c1-10(20-12-4-2-3-11(15)7-12)8-17-14(18)13-9-16-5-6-19-13/h2-4,7,10,13,16H,5-6,8-9H2,1H3,(H,17,18). The lowest BCUT2D eigenvalue weighted by atomic mass is 10.2. The molecular weight excluding hydrogens is 324 g/mol. The molecule has 1 amide bonds. The van der Waals surface area contributed by atoms with Crippen molar-refractivity contribution < 1.29 is 14.3 Å². The van der Waals surface area contributed by atoms with Gasteiger partial charge in [-0.3, -0.25) is 4.79 Å². The third kappa shape index (κ3) is 4.77. The molecule has 0 aromatic heterocycles. The molecule has 1 aliphatic rings. The van der Waals surface area contributed by atoms with Crippen molar-refractivity contribution in [2.45, 2.75) is 19.1 Å². The van der Waals surface area contributed by atoms with E-state index in [0.717, 1.165) is 16.8 Å². The summed E-state index contributed by atoms with van der Waals surface area (Å²) in [7, 11) is 0. The average molecular weight is 343 g/mol. The third-order valence-corrected chi connectivity index (χ3v) is 3.41. The van der Waals surface area contributed by atoms with E-state index in [0.29, 0.717) is 19.7 Å². The molecule has 0 radical (unpaired) electrons. The maximum atomic E-state index is 11.9. The molecule has 0 saturated carbocycles. The molecule has 0 spiro atoms. The van der Waals surface area contributed by atoms with E-state index in [1.54, 1.807) is 0 Å². The summed E-state index contributed by atoms with van der Waals surface area (Å²) >= 11 is 3.39. The number of morpholine rings is 1. The summed E-state index contributed by atoms with van der Waals surface area (Å²) < 4.78 is 12.1. The lowest BCUT2D eigenvalue weighted by molar-refractivity contribution is -0.134. The number of halogens is 1. The smallest absolute Gasteiger partial charge is 0.250 e. The number of benzene rings is 1. The van der Waals surface area contributed by atoms with E-state index in [1.165, 1.54) is 0 Å². The van der Waals surface area contributed by atoms with E-state index >= 15 is 0 Å². The van der Waals surface area contributed by atoms with Crippen molar-refractivity contribution in [1.82, 2.24) is 10.6 Å². The number of amides is 1. The van der Waals surface area contributed by atoms with E-state index in [1.807, 2.05) is 31.2 Å². The van der Waals surface area contributed by atoms with E-state index in [2.05, 4.69) is 26.6 Å². The summed E-state index contributed by atoms with van der Waals surface area (Å²) in [5.74, 6) is 0.679. The van der Waals surface area contributed by atoms with Crippen LogP contribution < -0.4 is 15.4 Å². The monoisotopic (exact) mass is 342 g/mol. The summed E-state index contributed by atoms with van der Waals surface area (Å²) in [6, 6.07) is 7.63. The van der Waals surface area contributed by atoms with Crippen LogP contribution in [0.5, 0.6) is 5.75 Å². The molecule has 0 aliphatic carbocycles. The van der Waals surface area contributed by atoms with Crippen LogP contribution in [-0.4, -0.2) is 44.4 Å². The summed E-state index contributed by atoms with van der Waals surface area (Å²) in [6.45, 7) is 4.30. The van der Waals surface area contributed by atoms with E-state index in [9.17, 15) is 4.79 Å². The summed E-state index contributed by atoms with van der Waals surface area (Å²) in [4.78, 5) is 11.9. The van der Waals surface area contributed by atoms with E-state index in [4.69, 9.17) is 9.47 Å². The molecule has 2 atom stereocenters. The van der Waals surface area contributed by atoms with Gasteiger partial charge in [0.15, 0.2) is 0 Å². The predicted molar refractivity (Wildman–Crippen MR) is 79.9 cm³/mol. The van der Waals surface area contributed by atoms with Crippen molar-refractivity contribution in [3.8, 4) is 5.75 Å². The highest BCUT2D eigenvalue weighted by Crippen LogP contribution is 2.18. The van der Waals surface area contributed by atoms with Gasteiger partial charge in [0.05, 0.1) is 13.2 Å². The normalized spacial score (nSPS) is 20.2. The van der Waals surface area contributed by atoms with Gasteiger partial charge < -0.3 is 20.1 Å². The minimum Gasteiger partial charge on any atom is -0.489 e. The second kappa shape index (κ2) is 7.61. The van der Waals surface area contributed by atoms with Crippen LogP contribution in [0.25, 0.3) is 0 Å². The molecule has 20 heavy (non-hydrogen) atoms. The van der Waals surface area contributed by atoms with Crippen molar-refractivity contribution in [2.24, 2.45) is 0 Å². The number of carbonyl (C=O) groups is 1. The fourth-order valence-corrected chi connectivity index (χ4v) is 2.28. The van der Waals surface area contributed by atoms with Gasteiger partial charge in [0.2, 0.25) is 0 Å². The Hall–Kier alpha value is -1.11. The molecule has 1 saturated heterocycles. The fourth-order valence-electron chi connectivity index (χ4n) is 1.91. The molecule has 2 N–H and O–H groups in total. The summed E-state index contributed by atoms with van der Waals surface area (Å²) in [5.41, 5.74) is 0. The van der Waals surface area contributed by atoms with Gasteiger partial charge in [-0.25, -0.2) is 0 Å². The maximum Gasteiger partial charge on any atom is 0.250 e. The number of carbonyl (C=O) groups excluding carboxylic acids is 1. The highest BCUT2D eigenvalue weighted by Gasteiger charge is 2.21. The van der Waals surface area contributed by atoms with E-state index in [-0.39, 0.29) is 12.0 Å². The van der Waals surface area contributed by atoms with Crippen molar-refractivity contribution in [3.63, 3.8) is 0 Å². The highest BCUT2D eigenvalue weighted by atomic mass is 79.9. The number of rotatable bonds is 5. The van der Waals surface area contributed by atoms with Crippen LogP contribution in [-0.2, 0) is 9.53 Å². The van der Waals surface area contributed by atoms with Crippen LogP contribution in [0.1, 0.15) is 6.92 Å². The second-order valence-corrected chi connectivity index (χ2v) is 5.61. The maximum absolute atomic E-state index is 11.9. The second-order valence-electron chi connectivity index (χ2n) is 4.69. The molecule has 2 unspecified atom stereocenters. The van der Waals surface area contributed by atoms with Crippen LogP contribution in [0.3, 0.4) is 0 Å². The Kier molecular flexibility index (Phi) is 5.82. The Labute approximate surface area is 127 Å². The summed E-state index contributed by atoms with van der Waals surface area (Å²) in [5, 5.41) is 5.97. The zero-order chi connectivity index (χ0) is 14.4. The number of nitrogens with one attached hydrogen (secondary N) is 2. The van der Waals surface area contributed by atoms with Gasteiger partial charge in [0.25, 0.3) is 5.91 Å². The van der Waals surface area contributed by atoms with Crippen LogP contribution in [0.4, 0.5) is 0 Å². The van der Waals surface area contributed by atoms with Crippen LogP contribution in [0.15, 0.2) is 28.7 Å². The van der Waals surface area contributed by atoms with Gasteiger partial charge in [0.1, 0.15) is 18.0 Å². The Balaban J connectivity index is 1.74. The van der Waals surface area contributed by atoms with Gasteiger partial charge in [-0.2, -0.15) is 0 Å². The van der Waals surface area contributed by atoms with Crippen LogP contribution in [0.2, 0.25) is 0 Å². The topological polar surface area (TPSA) is 59.6 Å². The molecule has 1 fully saturated rings. The van der Waals surface area contributed by atoms with Crippen LogP contribution >= 0.6 is 15.9 Å². The first-order valence-corrected chi connectivity index (χ1v) is 7.46. The number of hydrogen-bond donors (Lipinski definition) is 2. The SMILES string of the molecule is CC(CNC(=O)C1CNCCO1)Oc1cccc(Br)c1. The first kappa shape index (κ1) is 15.3. The quantitative estimate of drug-likeness (QED) is 0.847. The molecular formula is C14H19BrN2O3. The molecule has 1 aliphatic heterocycles. The first-order valence-electron chi connectivity index (χ1n) is 6.67. The predicted octanol–water partition coefficient (Wildman–Crippen LogP) is 1.32. The lowest BCUT2D eigenvalue weighted by Gasteiger charge is -2.23. The van der Waals surface area contributed by atoms with E-state index < -0.39 is 6.10 Å². The largest absolute Gasteiger partial charge is 0.489 e. The highest BCUT2D eigenvalue weighted by molar-refractivity contribution is 9.10. The van der Waals surface area contributed by atoms with Gasteiger partial charge >= 0.3 is 0 Å². The Morgan fingerprint density at radius 3 is 3.20 bits per heavy atom. The molecule has 5 nitrogen and oxygen atoms in total. The van der Waals surface area contributed by atoms with Crippen molar-refractivity contribution in [1.29, 1.82) is 0 Å². The molecule has 1 aromatic carbocycles. The third-order valence-electron chi connectivity index (χ3n) is 2.92. The lowest BCUT2D eigenvalue weighted by Crippen LogP contribution is -2.49. The molecule has 1 heterocycles. The fraction of sp³-hybridized carbons (Fsp3) is 0.500. The number of ether oxygens (including phenoxy) is 2. The minimum atomic E-state index is -0.401. The molecule has 6 heteroatoms. The van der Waals surface area contributed by atoms with Crippen molar-refractivity contribution in [3.05, 3.63) is 28.7 Å². The molecule has 0 bridgehead atoms. The zero-order valence-corrected chi connectivity index (χ0v) is 13.0. The van der Waals surface area contributed by atoms with Gasteiger partial charge in [0, 0.05) is 17.6 Å². The van der Waals surface area contributed by atoms with Gasteiger partial charge in [-0.1, -0.05) is 22.0 Å². The first-order chi connectivity index (χ1) is 9.65. The zero-order valence-electron chi connectivity index (χ0n) is 11.4. The van der Waals surface area contributed by atoms with Crippen LogP contribution in [0, 0.1) is 0 Å². The Morgan fingerprint density at radius 2 is 2.50 bits per heavy atom. The molecule has 2 rings (SSSR count). The van der Waals surface area contributed by atoms with Gasteiger partial charge in [-0.15, -0.1) is 0 Å². The molecule has 1 aromatic rings. The van der Waals surface area contributed by atoms with Crippen molar-refractivity contribution >= 4 is 21.8 Å². The minimum absolute atomic E-state index is 0.0955. The molecule has 110 valence electrons. The van der Waals surface area contributed by atoms with Gasteiger partial charge in [-0.05, 0) is 25.1 Å². The summed E-state index contributed by atoms with van der Waals surface area (Å²) in [6.07, 6.45) is -0.508. The Bertz CT molecular complexity index is 450. The number of hydrogen-bond acceptors (Lipinski definition) is 4. The Morgan fingerprint density at radius 1 is 1.65 bits per heavy atom. The average Bonchev–Trinajstić information content (AvgIpc) is 2.46.